The molecular formula is C21H24FIN2O4S. The molecule has 6 nitrogen and oxygen atoms in total. The Hall–Kier alpha value is -1.56. The maximum atomic E-state index is 14.3. The van der Waals surface area contributed by atoms with Crippen LogP contribution in [-0.4, -0.2) is 36.7 Å². The number of thiophene rings is 1. The van der Waals surface area contributed by atoms with E-state index in [1.165, 1.54) is 13.0 Å². The molecule has 1 fully saturated rings. The van der Waals surface area contributed by atoms with E-state index in [0.717, 1.165) is 14.9 Å². The van der Waals surface area contributed by atoms with Crippen LogP contribution in [0.25, 0.3) is 0 Å². The van der Waals surface area contributed by atoms with E-state index in [4.69, 9.17) is 9.47 Å². The summed E-state index contributed by atoms with van der Waals surface area (Å²) in [6.07, 6.45) is 0.498. The van der Waals surface area contributed by atoms with Crippen molar-refractivity contribution < 1.29 is 23.5 Å². The molecule has 1 saturated heterocycles. The average molecular weight is 546 g/mol. The van der Waals surface area contributed by atoms with Crippen LogP contribution in [0.2, 0.25) is 0 Å². The number of hydrogen-bond donors (Lipinski definition) is 2. The fourth-order valence-electron chi connectivity index (χ4n) is 3.29. The molecule has 2 N–H and O–H groups in total. The SMILES string of the molecule is CC(=O)c1sc(Nc2ccc(I)cc2F)c(C(=O)NC[C@@H]2CCOC(C)(C)O2)c1C. The molecule has 0 bridgehead atoms. The van der Waals surface area contributed by atoms with Crippen molar-refractivity contribution in [1.82, 2.24) is 5.32 Å². The Balaban J connectivity index is 1.83. The van der Waals surface area contributed by atoms with Gasteiger partial charge < -0.3 is 20.1 Å². The lowest BCUT2D eigenvalue weighted by molar-refractivity contribution is -0.271. The number of carbonyl (C=O) groups is 2. The fraction of sp³-hybridized carbons (Fsp3) is 0.429. The van der Waals surface area contributed by atoms with Crippen molar-refractivity contribution in [3.63, 3.8) is 0 Å². The third kappa shape index (κ3) is 5.37. The van der Waals surface area contributed by atoms with Crippen LogP contribution in [0.1, 0.15) is 52.8 Å². The number of Topliss-reactive ketones (excluding diaryl/α,β-unsaturated/α-hetero) is 1. The average Bonchev–Trinajstić information content (AvgIpc) is 2.98. The van der Waals surface area contributed by atoms with Crippen LogP contribution in [0.5, 0.6) is 0 Å². The number of hydrogen-bond acceptors (Lipinski definition) is 6. The first kappa shape index (κ1) is 23.1. The summed E-state index contributed by atoms with van der Waals surface area (Å²) in [6.45, 7) is 7.72. The Morgan fingerprint density at radius 3 is 2.73 bits per heavy atom. The molecule has 2 aromatic rings. The number of halogens is 2. The van der Waals surface area contributed by atoms with Crippen LogP contribution >= 0.6 is 33.9 Å². The van der Waals surface area contributed by atoms with E-state index in [1.807, 2.05) is 36.4 Å². The Bertz CT molecular complexity index is 976. The molecule has 9 heteroatoms. The number of amides is 1. The summed E-state index contributed by atoms with van der Waals surface area (Å²) in [5.41, 5.74) is 1.16. The molecule has 0 radical (unpaired) electrons. The van der Waals surface area contributed by atoms with Gasteiger partial charge in [-0.3, -0.25) is 9.59 Å². The number of anilines is 2. The van der Waals surface area contributed by atoms with E-state index >= 15 is 0 Å². The van der Waals surface area contributed by atoms with Crippen molar-refractivity contribution in [2.24, 2.45) is 0 Å². The normalized spacial score (nSPS) is 18.1. The molecule has 0 unspecified atom stereocenters. The highest BCUT2D eigenvalue weighted by molar-refractivity contribution is 14.1. The number of rotatable bonds is 6. The standard InChI is InChI=1S/C21H24FIN2O4S/c1-11-17(19(27)24-10-14-7-8-28-21(3,4)29-14)20(30-18(11)12(2)26)25-16-6-5-13(23)9-15(16)22/h5-6,9,14,25H,7-8,10H2,1-4H3,(H,24,27)/t14-/m0/s1. The molecule has 1 aliphatic heterocycles. The van der Waals surface area contributed by atoms with Gasteiger partial charge in [0.05, 0.1) is 28.8 Å². The second-order valence-corrected chi connectivity index (χ2v) is 9.82. The van der Waals surface area contributed by atoms with Crippen LogP contribution < -0.4 is 10.6 Å². The van der Waals surface area contributed by atoms with Crippen LogP contribution in [0, 0.1) is 16.3 Å². The summed E-state index contributed by atoms with van der Waals surface area (Å²) >= 11 is 3.18. The van der Waals surface area contributed by atoms with Gasteiger partial charge in [0, 0.05) is 10.1 Å². The summed E-state index contributed by atoms with van der Waals surface area (Å²) in [7, 11) is 0. The van der Waals surface area contributed by atoms with E-state index in [2.05, 4.69) is 10.6 Å². The lowest BCUT2D eigenvalue weighted by Crippen LogP contribution is -2.45. The number of nitrogens with one attached hydrogen (secondary N) is 2. The maximum absolute atomic E-state index is 14.3. The van der Waals surface area contributed by atoms with Gasteiger partial charge in [0.2, 0.25) is 0 Å². The molecule has 1 atom stereocenters. The zero-order valence-electron chi connectivity index (χ0n) is 17.2. The lowest BCUT2D eigenvalue weighted by Gasteiger charge is -2.36. The van der Waals surface area contributed by atoms with Crippen molar-refractivity contribution >= 4 is 56.3 Å². The van der Waals surface area contributed by atoms with E-state index in [9.17, 15) is 14.0 Å². The molecule has 3 rings (SSSR count). The largest absolute Gasteiger partial charge is 0.350 e. The Kier molecular flexibility index (Phi) is 7.16. The smallest absolute Gasteiger partial charge is 0.254 e. The van der Waals surface area contributed by atoms with Gasteiger partial charge in [0.1, 0.15) is 10.8 Å². The minimum atomic E-state index is -0.692. The quantitative estimate of drug-likeness (QED) is 0.393. The summed E-state index contributed by atoms with van der Waals surface area (Å²) in [5.74, 6) is -1.60. The van der Waals surface area contributed by atoms with Crippen LogP contribution in [0.15, 0.2) is 18.2 Å². The third-order valence-electron chi connectivity index (χ3n) is 4.70. The molecule has 1 aliphatic rings. The minimum absolute atomic E-state index is 0.141. The zero-order valence-corrected chi connectivity index (χ0v) is 20.2. The lowest BCUT2D eigenvalue weighted by atomic mass is 10.1. The van der Waals surface area contributed by atoms with Gasteiger partial charge in [-0.2, -0.15) is 0 Å². The van der Waals surface area contributed by atoms with Crippen molar-refractivity contribution in [3.05, 3.63) is 43.6 Å². The molecule has 30 heavy (non-hydrogen) atoms. The minimum Gasteiger partial charge on any atom is -0.350 e. The van der Waals surface area contributed by atoms with Crippen LogP contribution in [0.4, 0.5) is 15.1 Å². The monoisotopic (exact) mass is 546 g/mol. The van der Waals surface area contributed by atoms with Crippen LogP contribution in [-0.2, 0) is 9.47 Å². The summed E-state index contributed by atoms with van der Waals surface area (Å²) < 4.78 is 26.5. The second kappa shape index (κ2) is 9.29. The molecule has 2 heterocycles. The van der Waals surface area contributed by atoms with Gasteiger partial charge >= 0.3 is 0 Å². The van der Waals surface area contributed by atoms with E-state index < -0.39 is 11.6 Å². The molecule has 0 spiro atoms. The molecule has 0 aliphatic carbocycles. The van der Waals surface area contributed by atoms with Crippen molar-refractivity contribution in [1.29, 1.82) is 0 Å². The zero-order chi connectivity index (χ0) is 22.1. The van der Waals surface area contributed by atoms with E-state index in [1.54, 1.807) is 19.1 Å². The first-order valence-corrected chi connectivity index (χ1v) is 11.4. The van der Waals surface area contributed by atoms with Crippen molar-refractivity contribution in [2.75, 3.05) is 18.5 Å². The van der Waals surface area contributed by atoms with E-state index in [-0.39, 0.29) is 23.5 Å². The maximum Gasteiger partial charge on any atom is 0.254 e. The highest BCUT2D eigenvalue weighted by Crippen LogP contribution is 2.36. The number of ketones is 1. The van der Waals surface area contributed by atoms with Gasteiger partial charge in [-0.25, -0.2) is 4.39 Å². The predicted octanol–water partition coefficient (Wildman–Crippen LogP) is 5.02. The number of ether oxygens (including phenoxy) is 2. The third-order valence-corrected chi connectivity index (χ3v) is 6.68. The topological polar surface area (TPSA) is 76.7 Å². The summed E-state index contributed by atoms with van der Waals surface area (Å²) in [6, 6.07) is 4.78. The molecule has 1 amide bonds. The van der Waals surface area contributed by atoms with Gasteiger partial charge in [-0.15, -0.1) is 11.3 Å². The molecule has 162 valence electrons. The summed E-state index contributed by atoms with van der Waals surface area (Å²) in [4.78, 5) is 25.5. The van der Waals surface area contributed by atoms with Crippen molar-refractivity contribution in [2.45, 2.75) is 46.0 Å². The fourth-order valence-corrected chi connectivity index (χ4v) is 4.86. The Labute approximate surface area is 192 Å². The Morgan fingerprint density at radius 1 is 1.37 bits per heavy atom. The Morgan fingerprint density at radius 2 is 2.10 bits per heavy atom. The predicted molar refractivity (Wildman–Crippen MR) is 123 cm³/mol. The molecule has 1 aromatic carbocycles. The van der Waals surface area contributed by atoms with Gasteiger partial charge in [-0.05, 0) is 80.5 Å². The molecule has 0 saturated carbocycles. The first-order valence-electron chi connectivity index (χ1n) is 9.54. The second-order valence-electron chi connectivity index (χ2n) is 7.55. The van der Waals surface area contributed by atoms with Gasteiger partial charge in [0.25, 0.3) is 5.91 Å². The highest BCUT2D eigenvalue weighted by Gasteiger charge is 2.30. The molecule has 1 aromatic heterocycles. The van der Waals surface area contributed by atoms with Crippen LogP contribution in [0.3, 0.4) is 0 Å². The van der Waals surface area contributed by atoms with Crippen molar-refractivity contribution in [3.8, 4) is 0 Å². The van der Waals surface area contributed by atoms with Gasteiger partial charge in [-0.1, -0.05) is 0 Å². The number of benzene rings is 1. The van der Waals surface area contributed by atoms with E-state index in [0.29, 0.717) is 40.6 Å². The van der Waals surface area contributed by atoms with Gasteiger partial charge in [0.15, 0.2) is 11.6 Å². The summed E-state index contributed by atoms with van der Waals surface area (Å²) in [5, 5.41) is 6.32. The highest BCUT2D eigenvalue weighted by atomic mass is 127. The number of carbonyl (C=O) groups excluding carboxylic acids is 2. The first-order chi connectivity index (χ1) is 14.1. The molecular weight excluding hydrogens is 522 g/mol.